The molecule has 0 aliphatic carbocycles. The largest absolute Gasteiger partial charge is 0.493 e. The number of hydrogen-bond donors (Lipinski definition) is 1. The molecule has 1 aromatic rings. The highest BCUT2D eigenvalue weighted by Gasteiger charge is 2.05. The first-order valence-corrected chi connectivity index (χ1v) is 5.83. The van der Waals surface area contributed by atoms with Gasteiger partial charge in [0, 0.05) is 6.07 Å². The molecule has 1 rings (SSSR count). The van der Waals surface area contributed by atoms with Crippen LogP contribution < -0.4 is 15.2 Å². The van der Waals surface area contributed by atoms with Crippen molar-refractivity contribution in [3.05, 3.63) is 23.8 Å². The predicted molar refractivity (Wildman–Crippen MR) is 69.3 cm³/mol. The zero-order valence-corrected chi connectivity index (χ0v) is 10.2. The molecule has 0 radical (unpaired) electrons. The van der Waals surface area contributed by atoms with Gasteiger partial charge in [-0.2, -0.15) is 0 Å². The van der Waals surface area contributed by atoms with Crippen LogP contribution in [0.3, 0.4) is 0 Å². The van der Waals surface area contributed by atoms with Gasteiger partial charge in [0.15, 0.2) is 0 Å². The maximum absolute atomic E-state index is 5.55. The topological polar surface area (TPSA) is 44.5 Å². The van der Waals surface area contributed by atoms with Gasteiger partial charge in [0.25, 0.3) is 0 Å². The van der Waals surface area contributed by atoms with Crippen molar-refractivity contribution >= 4 is 0 Å². The van der Waals surface area contributed by atoms with Crippen LogP contribution in [0.4, 0.5) is 0 Å². The minimum absolute atomic E-state index is 0.259. The monoisotopic (exact) mass is 233 g/mol. The van der Waals surface area contributed by atoms with E-state index in [4.69, 9.17) is 21.6 Å². The summed E-state index contributed by atoms with van der Waals surface area (Å²) in [6.07, 6.45) is 6.94. The van der Waals surface area contributed by atoms with Crippen LogP contribution in [-0.2, 0) is 6.42 Å². The summed E-state index contributed by atoms with van der Waals surface area (Å²) in [6.45, 7) is 3.61. The van der Waals surface area contributed by atoms with E-state index < -0.39 is 0 Å². The van der Waals surface area contributed by atoms with Crippen LogP contribution in [0.15, 0.2) is 18.2 Å². The molecule has 0 atom stereocenters. The molecule has 3 nitrogen and oxygen atoms in total. The molecule has 0 aliphatic heterocycles. The zero-order chi connectivity index (χ0) is 12.5. The maximum atomic E-state index is 5.55. The summed E-state index contributed by atoms with van der Waals surface area (Å²) in [6, 6.07) is 5.78. The third-order valence-corrected chi connectivity index (χ3v) is 2.24. The van der Waals surface area contributed by atoms with E-state index in [9.17, 15) is 0 Å². The predicted octanol–water partition coefficient (Wildman–Crippen LogP) is 1.99. The Balaban J connectivity index is 2.81. The van der Waals surface area contributed by atoms with Gasteiger partial charge >= 0.3 is 0 Å². The van der Waals surface area contributed by atoms with Crippen molar-refractivity contribution in [2.75, 3.05) is 19.8 Å². The van der Waals surface area contributed by atoms with Gasteiger partial charge in [-0.05, 0) is 31.0 Å². The van der Waals surface area contributed by atoms with Gasteiger partial charge < -0.3 is 15.2 Å². The fraction of sp³-hybridized carbons (Fsp3) is 0.429. The van der Waals surface area contributed by atoms with E-state index in [-0.39, 0.29) is 6.61 Å². The van der Waals surface area contributed by atoms with Crippen molar-refractivity contribution in [2.45, 2.75) is 19.8 Å². The summed E-state index contributed by atoms with van der Waals surface area (Å²) in [5, 5.41) is 0. The van der Waals surface area contributed by atoms with Gasteiger partial charge in [-0.3, -0.25) is 0 Å². The molecule has 0 saturated carbocycles. The van der Waals surface area contributed by atoms with Gasteiger partial charge in [0.05, 0.1) is 6.61 Å². The molecular weight excluding hydrogens is 214 g/mol. The van der Waals surface area contributed by atoms with E-state index in [2.05, 4.69) is 12.8 Å². The van der Waals surface area contributed by atoms with Gasteiger partial charge in [-0.1, -0.05) is 18.9 Å². The van der Waals surface area contributed by atoms with Crippen LogP contribution in [0.25, 0.3) is 0 Å². The van der Waals surface area contributed by atoms with Crippen LogP contribution in [0.2, 0.25) is 0 Å². The first-order valence-electron chi connectivity index (χ1n) is 5.83. The minimum atomic E-state index is 0.259. The van der Waals surface area contributed by atoms with Crippen LogP contribution in [0.5, 0.6) is 11.5 Å². The quantitative estimate of drug-likeness (QED) is 0.732. The summed E-state index contributed by atoms with van der Waals surface area (Å²) >= 11 is 0. The zero-order valence-electron chi connectivity index (χ0n) is 10.2. The van der Waals surface area contributed by atoms with Crippen molar-refractivity contribution in [1.29, 1.82) is 0 Å². The van der Waals surface area contributed by atoms with E-state index in [0.29, 0.717) is 13.2 Å². The molecule has 0 bridgehead atoms. The number of terminal acetylenes is 1. The molecule has 2 N–H and O–H groups in total. The molecule has 3 heteroatoms. The van der Waals surface area contributed by atoms with Crippen molar-refractivity contribution in [1.82, 2.24) is 0 Å². The average molecular weight is 233 g/mol. The summed E-state index contributed by atoms with van der Waals surface area (Å²) in [7, 11) is 0. The molecule has 92 valence electrons. The van der Waals surface area contributed by atoms with Gasteiger partial charge in [-0.25, -0.2) is 0 Å². The number of rotatable bonds is 7. The summed E-state index contributed by atoms with van der Waals surface area (Å²) < 4.78 is 11.0. The van der Waals surface area contributed by atoms with E-state index in [1.165, 1.54) is 0 Å². The highest BCUT2D eigenvalue weighted by Crippen LogP contribution is 2.25. The Morgan fingerprint density at radius 3 is 2.82 bits per heavy atom. The lowest BCUT2D eigenvalue weighted by atomic mass is 10.1. The second-order valence-electron chi connectivity index (χ2n) is 3.65. The SMILES string of the molecule is C#CCOc1cc(OCCC)ccc1CCN. The van der Waals surface area contributed by atoms with Gasteiger partial charge in [0.2, 0.25) is 0 Å². The van der Waals surface area contributed by atoms with Crippen molar-refractivity contribution < 1.29 is 9.47 Å². The van der Waals surface area contributed by atoms with Crippen molar-refractivity contribution in [3.63, 3.8) is 0 Å². The molecule has 0 saturated heterocycles. The third kappa shape index (κ3) is 4.38. The van der Waals surface area contributed by atoms with E-state index in [1.54, 1.807) is 0 Å². The number of benzene rings is 1. The molecular formula is C14H19NO2. The van der Waals surface area contributed by atoms with Gasteiger partial charge in [-0.15, -0.1) is 6.42 Å². The third-order valence-electron chi connectivity index (χ3n) is 2.24. The fourth-order valence-electron chi connectivity index (χ4n) is 1.46. The molecule has 0 spiro atoms. The number of ether oxygens (including phenoxy) is 2. The first kappa shape index (κ1) is 13.4. The molecule has 0 heterocycles. The average Bonchev–Trinajstić information content (AvgIpc) is 2.36. The maximum Gasteiger partial charge on any atom is 0.148 e. The Kier molecular flexibility index (Phi) is 5.98. The Bertz CT molecular complexity index is 382. The standard InChI is InChI=1S/C14H19NO2/c1-3-9-16-13-6-5-12(7-8-15)14(11-13)17-10-4-2/h2,5-6,11H,3,7-10,15H2,1H3. The summed E-state index contributed by atoms with van der Waals surface area (Å²) in [5.74, 6) is 4.02. The van der Waals surface area contributed by atoms with Crippen LogP contribution >= 0.6 is 0 Å². The summed E-state index contributed by atoms with van der Waals surface area (Å²) in [4.78, 5) is 0. The minimum Gasteiger partial charge on any atom is -0.493 e. The van der Waals surface area contributed by atoms with E-state index in [1.807, 2.05) is 18.2 Å². The smallest absolute Gasteiger partial charge is 0.148 e. The van der Waals surface area contributed by atoms with Crippen LogP contribution in [0.1, 0.15) is 18.9 Å². The summed E-state index contributed by atoms with van der Waals surface area (Å²) in [5.41, 5.74) is 6.61. The lowest BCUT2D eigenvalue weighted by molar-refractivity contribution is 0.312. The van der Waals surface area contributed by atoms with Crippen molar-refractivity contribution in [3.8, 4) is 23.8 Å². The molecule has 1 aromatic carbocycles. The Labute approximate surface area is 103 Å². The normalized spacial score (nSPS) is 9.71. The highest BCUT2D eigenvalue weighted by atomic mass is 16.5. The van der Waals surface area contributed by atoms with Crippen LogP contribution in [0, 0.1) is 12.3 Å². The number of hydrogen-bond acceptors (Lipinski definition) is 3. The van der Waals surface area contributed by atoms with E-state index >= 15 is 0 Å². The Morgan fingerprint density at radius 1 is 1.35 bits per heavy atom. The fourth-order valence-corrected chi connectivity index (χ4v) is 1.46. The first-order chi connectivity index (χ1) is 8.31. The number of nitrogens with two attached hydrogens (primary N) is 1. The lowest BCUT2D eigenvalue weighted by Crippen LogP contribution is -2.06. The molecule has 0 unspecified atom stereocenters. The van der Waals surface area contributed by atoms with E-state index in [0.717, 1.165) is 29.9 Å². The second-order valence-corrected chi connectivity index (χ2v) is 3.65. The molecule has 0 fully saturated rings. The van der Waals surface area contributed by atoms with Gasteiger partial charge in [0.1, 0.15) is 18.1 Å². The van der Waals surface area contributed by atoms with Crippen molar-refractivity contribution in [2.24, 2.45) is 5.73 Å². The lowest BCUT2D eigenvalue weighted by Gasteiger charge is -2.12. The Morgan fingerprint density at radius 2 is 2.18 bits per heavy atom. The Hall–Kier alpha value is -1.66. The molecule has 0 amide bonds. The molecule has 0 aromatic heterocycles. The molecule has 17 heavy (non-hydrogen) atoms. The van der Waals surface area contributed by atoms with Crippen LogP contribution in [-0.4, -0.2) is 19.8 Å². The highest BCUT2D eigenvalue weighted by molar-refractivity contribution is 5.41. The molecule has 0 aliphatic rings. The second kappa shape index (κ2) is 7.59.